The van der Waals surface area contributed by atoms with Crippen LogP contribution in [0.2, 0.25) is 5.15 Å². The summed E-state index contributed by atoms with van der Waals surface area (Å²) in [5, 5.41) is -0.0102. The fourth-order valence-electron chi connectivity index (χ4n) is 2.23. The van der Waals surface area contributed by atoms with E-state index in [1.54, 1.807) is 6.07 Å². The third-order valence-corrected chi connectivity index (χ3v) is 3.49. The van der Waals surface area contributed by atoms with Gasteiger partial charge < -0.3 is 10.5 Å². The number of anilines is 1. The molecule has 0 aliphatic carbocycles. The molecule has 0 bridgehead atoms. The Morgan fingerprint density at radius 3 is 3.15 bits per heavy atom. The van der Waals surface area contributed by atoms with E-state index in [1.165, 1.54) is 23.0 Å². The molecule has 20 heavy (non-hydrogen) atoms. The van der Waals surface area contributed by atoms with Crippen molar-refractivity contribution in [2.45, 2.75) is 19.1 Å². The van der Waals surface area contributed by atoms with Crippen LogP contribution in [0.5, 0.6) is 5.75 Å². The molecule has 0 saturated heterocycles. The van der Waals surface area contributed by atoms with E-state index in [-0.39, 0.29) is 29.3 Å². The SMILES string of the molecule is Nc1c(Cl)ncn(CC2Cc3cc(F)ccc3O2)c1=O. The summed E-state index contributed by atoms with van der Waals surface area (Å²) in [6.45, 7) is 0.281. The van der Waals surface area contributed by atoms with Gasteiger partial charge in [0.15, 0.2) is 5.15 Å². The first kappa shape index (κ1) is 12.9. The predicted octanol–water partition coefficient (Wildman–Crippen LogP) is 1.62. The molecule has 104 valence electrons. The van der Waals surface area contributed by atoms with Crippen LogP contribution in [0.25, 0.3) is 0 Å². The molecule has 1 aromatic heterocycles. The second-order valence-corrected chi connectivity index (χ2v) is 4.96. The van der Waals surface area contributed by atoms with Gasteiger partial charge in [0, 0.05) is 12.0 Å². The Balaban J connectivity index is 1.82. The highest BCUT2D eigenvalue weighted by molar-refractivity contribution is 6.31. The molecule has 0 radical (unpaired) electrons. The van der Waals surface area contributed by atoms with Crippen molar-refractivity contribution in [1.82, 2.24) is 9.55 Å². The third-order valence-electron chi connectivity index (χ3n) is 3.19. The van der Waals surface area contributed by atoms with Gasteiger partial charge in [-0.15, -0.1) is 0 Å². The first-order valence-corrected chi connectivity index (χ1v) is 6.38. The summed E-state index contributed by atoms with van der Waals surface area (Å²) in [5.74, 6) is 0.335. The zero-order valence-electron chi connectivity index (χ0n) is 10.3. The first-order chi connectivity index (χ1) is 9.54. The van der Waals surface area contributed by atoms with Crippen LogP contribution in [-0.4, -0.2) is 15.7 Å². The highest BCUT2D eigenvalue weighted by Gasteiger charge is 2.24. The molecule has 7 heteroatoms. The zero-order chi connectivity index (χ0) is 14.3. The number of nitrogens with zero attached hydrogens (tertiary/aromatic N) is 2. The van der Waals surface area contributed by atoms with Crippen LogP contribution in [0.1, 0.15) is 5.56 Å². The van der Waals surface area contributed by atoms with Gasteiger partial charge in [-0.3, -0.25) is 9.36 Å². The van der Waals surface area contributed by atoms with Gasteiger partial charge in [0.2, 0.25) is 0 Å². The molecule has 1 aliphatic heterocycles. The van der Waals surface area contributed by atoms with E-state index in [1.807, 2.05) is 0 Å². The Morgan fingerprint density at radius 1 is 1.55 bits per heavy atom. The highest BCUT2D eigenvalue weighted by Crippen LogP contribution is 2.29. The second-order valence-electron chi connectivity index (χ2n) is 4.60. The largest absolute Gasteiger partial charge is 0.488 e. The number of hydrogen-bond donors (Lipinski definition) is 1. The molecule has 2 aromatic rings. The number of hydrogen-bond acceptors (Lipinski definition) is 4. The van der Waals surface area contributed by atoms with Crippen LogP contribution >= 0.6 is 11.6 Å². The van der Waals surface area contributed by atoms with Gasteiger partial charge in [-0.2, -0.15) is 0 Å². The Hall–Kier alpha value is -2.08. The van der Waals surface area contributed by atoms with Crippen LogP contribution in [0.3, 0.4) is 0 Å². The molecule has 5 nitrogen and oxygen atoms in total. The smallest absolute Gasteiger partial charge is 0.278 e. The number of ether oxygens (including phenoxy) is 1. The lowest BCUT2D eigenvalue weighted by atomic mass is 10.1. The van der Waals surface area contributed by atoms with Gasteiger partial charge in [-0.05, 0) is 18.2 Å². The van der Waals surface area contributed by atoms with Gasteiger partial charge in [0.05, 0.1) is 12.9 Å². The number of aromatic nitrogens is 2. The molecule has 1 unspecified atom stereocenters. The van der Waals surface area contributed by atoms with Crippen molar-refractivity contribution in [3.05, 3.63) is 51.4 Å². The summed E-state index contributed by atoms with van der Waals surface area (Å²) in [5.41, 5.74) is 5.84. The fraction of sp³-hybridized carbons (Fsp3) is 0.231. The Morgan fingerprint density at radius 2 is 2.35 bits per heavy atom. The van der Waals surface area contributed by atoms with E-state index in [9.17, 15) is 9.18 Å². The Labute approximate surface area is 118 Å². The quantitative estimate of drug-likeness (QED) is 0.855. The maximum Gasteiger partial charge on any atom is 0.278 e. The molecule has 0 fully saturated rings. The average Bonchev–Trinajstić information content (AvgIpc) is 2.81. The molecule has 3 rings (SSSR count). The summed E-state index contributed by atoms with van der Waals surface area (Å²) >= 11 is 5.67. The van der Waals surface area contributed by atoms with Crippen molar-refractivity contribution in [3.63, 3.8) is 0 Å². The summed E-state index contributed by atoms with van der Waals surface area (Å²) in [4.78, 5) is 15.7. The molecule has 2 heterocycles. The normalized spacial score (nSPS) is 16.8. The lowest BCUT2D eigenvalue weighted by molar-refractivity contribution is 0.207. The fourth-order valence-corrected chi connectivity index (χ4v) is 2.35. The van der Waals surface area contributed by atoms with Crippen LogP contribution < -0.4 is 16.0 Å². The topological polar surface area (TPSA) is 70.1 Å². The summed E-state index contributed by atoms with van der Waals surface area (Å²) in [6, 6.07) is 4.36. The molecular formula is C13H11ClFN3O2. The lowest BCUT2D eigenvalue weighted by Gasteiger charge is -2.12. The zero-order valence-corrected chi connectivity index (χ0v) is 11.1. The number of rotatable bonds is 2. The Bertz CT molecular complexity index is 732. The summed E-state index contributed by atoms with van der Waals surface area (Å²) in [6.07, 6.45) is 1.60. The van der Waals surface area contributed by atoms with E-state index in [2.05, 4.69) is 4.98 Å². The average molecular weight is 296 g/mol. The lowest BCUT2D eigenvalue weighted by Crippen LogP contribution is -2.30. The first-order valence-electron chi connectivity index (χ1n) is 6.00. The minimum atomic E-state index is -0.407. The van der Waals surface area contributed by atoms with E-state index in [0.29, 0.717) is 12.2 Å². The number of nitrogen functional groups attached to an aromatic ring is 1. The molecule has 1 aliphatic rings. The van der Waals surface area contributed by atoms with E-state index in [4.69, 9.17) is 22.1 Å². The van der Waals surface area contributed by atoms with Crippen molar-refractivity contribution < 1.29 is 9.13 Å². The van der Waals surface area contributed by atoms with Crippen molar-refractivity contribution in [2.24, 2.45) is 0 Å². The molecule has 1 aromatic carbocycles. The number of halogens is 2. The minimum absolute atomic E-state index is 0.0102. The molecule has 1 atom stereocenters. The van der Waals surface area contributed by atoms with Gasteiger partial charge in [-0.25, -0.2) is 9.37 Å². The molecule has 0 saturated carbocycles. The molecule has 0 amide bonds. The molecule has 0 spiro atoms. The predicted molar refractivity (Wildman–Crippen MR) is 72.4 cm³/mol. The van der Waals surface area contributed by atoms with E-state index < -0.39 is 5.56 Å². The number of benzene rings is 1. The summed E-state index contributed by atoms with van der Waals surface area (Å²) < 4.78 is 20.1. The van der Waals surface area contributed by atoms with Crippen molar-refractivity contribution in [1.29, 1.82) is 0 Å². The Kier molecular flexibility index (Phi) is 3.10. The van der Waals surface area contributed by atoms with Gasteiger partial charge in [0.1, 0.15) is 23.4 Å². The van der Waals surface area contributed by atoms with E-state index in [0.717, 1.165) is 5.56 Å². The van der Waals surface area contributed by atoms with Gasteiger partial charge >= 0.3 is 0 Å². The van der Waals surface area contributed by atoms with Gasteiger partial charge in [0.25, 0.3) is 5.56 Å². The van der Waals surface area contributed by atoms with Crippen molar-refractivity contribution >= 4 is 17.3 Å². The van der Waals surface area contributed by atoms with Crippen molar-refractivity contribution in [2.75, 3.05) is 5.73 Å². The van der Waals surface area contributed by atoms with Crippen molar-refractivity contribution in [3.8, 4) is 5.75 Å². The maximum absolute atomic E-state index is 13.1. The van der Waals surface area contributed by atoms with Crippen LogP contribution in [0, 0.1) is 5.82 Å². The summed E-state index contributed by atoms with van der Waals surface area (Å²) in [7, 11) is 0. The van der Waals surface area contributed by atoms with E-state index >= 15 is 0 Å². The second kappa shape index (κ2) is 4.79. The van der Waals surface area contributed by atoms with Gasteiger partial charge in [-0.1, -0.05) is 11.6 Å². The van der Waals surface area contributed by atoms with Crippen LogP contribution in [0.4, 0.5) is 10.1 Å². The maximum atomic E-state index is 13.1. The van der Waals surface area contributed by atoms with Crippen LogP contribution in [-0.2, 0) is 13.0 Å². The standard InChI is InChI=1S/C13H11ClFN3O2/c14-12-11(16)13(19)18(6-17-12)5-9-4-7-3-8(15)1-2-10(7)20-9/h1-3,6,9H,4-5,16H2. The third kappa shape index (κ3) is 2.22. The van der Waals surface area contributed by atoms with Crippen LogP contribution in [0.15, 0.2) is 29.3 Å². The number of fused-ring (bicyclic) bond motifs is 1. The molecule has 2 N–H and O–H groups in total. The monoisotopic (exact) mass is 295 g/mol. The number of nitrogens with two attached hydrogens (primary N) is 1. The highest BCUT2D eigenvalue weighted by atomic mass is 35.5. The minimum Gasteiger partial charge on any atom is -0.488 e. The molecular weight excluding hydrogens is 285 g/mol.